The van der Waals surface area contributed by atoms with Crippen molar-refractivity contribution in [1.82, 2.24) is 15.0 Å². The highest BCUT2D eigenvalue weighted by Gasteiger charge is 2.39. The molecule has 38 heavy (non-hydrogen) atoms. The number of rotatable bonds is 9. The average molecular weight is 618 g/mol. The summed E-state index contributed by atoms with van der Waals surface area (Å²) in [5.74, 6) is -0.172. The van der Waals surface area contributed by atoms with Gasteiger partial charge in [0.25, 0.3) is 5.91 Å². The van der Waals surface area contributed by atoms with Gasteiger partial charge < -0.3 is 15.7 Å². The normalized spacial score (nSPS) is 16.3. The van der Waals surface area contributed by atoms with E-state index < -0.39 is 43.7 Å². The summed E-state index contributed by atoms with van der Waals surface area (Å²) in [6.45, 7) is 3.73. The third-order valence-electron chi connectivity index (χ3n) is 5.85. The van der Waals surface area contributed by atoms with Crippen molar-refractivity contribution in [2.75, 3.05) is 11.9 Å². The third-order valence-corrected chi connectivity index (χ3v) is 9.52. The number of carbonyl (C=O) groups is 1. The molecule has 2 aromatic rings. The maximum absolute atomic E-state index is 12.9. The first-order valence-corrected chi connectivity index (χ1v) is 14.9. The van der Waals surface area contributed by atoms with Crippen LogP contribution in [0.3, 0.4) is 0 Å². The second-order valence-corrected chi connectivity index (χ2v) is 13.2. The van der Waals surface area contributed by atoms with Crippen LogP contribution < -0.4 is 15.4 Å². The summed E-state index contributed by atoms with van der Waals surface area (Å²) in [6, 6.07) is 0.130. The molecule has 15 heteroatoms. The summed E-state index contributed by atoms with van der Waals surface area (Å²) < 4.78 is 65.7. The van der Waals surface area contributed by atoms with Crippen molar-refractivity contribution in [2.45, 2.75) is 81.6 Å². The smallest absolute Gasteiger partial charge is 0.389 e. The number of benzene rings is 1. The molecule has 1 heterocycles. The largest absolute Gasteiger partial charge is 0.404 e. The molecule has 1 aromatic carbocycles. The van der Waals surface area contributed by atoms with Gasteiger partial charge >= 0.3 is 6.18 Å². The van der Waals surface area contributed by atoms with E-state index in [0.29, 0.717) is 17.6 Å². The first kappa shape index (κ1) is 30.9. The minimum Gasteiger partial charge on any atom is -0.389 e. The monoisotopic (exact) mass is 616 g/mol. The van der Waals surface area contributed by atoms with E-state index >= 15 is 0 Å². The molecule has 1 aromatic heterocycles. The summed E-state index contributed by atoms with van der Waals surface area (Å²) in [5, 5.41) is 15.3. The molecule has 1 atom stereocenters. The number of hydrogen-bond donors (Lipinski definition) is 4. The summed E-state index contributed by atoms with van der Waals surface area (Å²) >= 11 is 13.7. The lowest BCUT2D eigenvalue weighted by molar-refractivity contribution is -0.147. The number of halogens is 5. The molecule has 1 aliphatic carbocycles. The molecule has 1 amide bonds. The van der Waals surface area contributed by atoms with Gasteiger partial charge in [-0.2, -0.15) is 17.9 Å². The molecule has 0 saturated heterocycles. The van der Waals surface area contributed by atoms with Crippen LogP contribution in [0, 0.1) is 0 Å². The molecule has 1 unspecified atom stereocenters. The second-order valence-electron chi connectivity index (χ2n) is 9.79. The van der Waals surface area contributed by atoms with Crippen molar-refractivity contribution in [1.29, 1.82) is 0 Å². The van der Waals surface area contributed by atoms with Crippen molar-refractivity contribution >= 4 is 56.3 Å². The van der Waals surface area contributed by atoms with Crippen LogP contribution in [0.5, 0.6) is 0 Å². The van der Waals surface area contributed by atoms with Crippen molar-refractivity contribution in [3.63, 3.8) is 0 Å². The number of thiazole rings is 1. The van der Waals surface area contributed by atoms with Gasteiger partial charge in [-0.3, -0.25) is 4.79 Å². The third kappa shape index (κ3) is 7.72. The zero-order valence-corrected chi connectivity index (χ0v) is 24.0. The Morgan fingerprint density at radius 2 is 1.82 bits per heavy atom. The topological polar surface area (TPSA) is 120 Å². The van der Waals surface area contributed by atoms with Crippen LogP contribution in [0.15, 0.2) is 17.0 Å². The Balaban J connectivity index is 2.00. The van der Waals surface area contributed by atoms with Gasteiger partial charge in [0.15, 0.2) is 5.01 Å². The van der Waals surface area contributed by atoms with Crippen LogP contribution >= 0.6 is 34.5 Å². The van der Waals surface area contributed by atoms with Gasteiger partial charge in [-0.15, -0.1) is 11.3 Å². The lowest BCUT2D eigenvalue weighted by atomic mass is 9.95. The number of sulfonamides is 1. The van der Waals surface area contributed by atoms with Gasteiger partial charge in [0, 0.05) is 18.2 Å². The van der Waals surface area contributed by atoms with Crippen molar-refractivity contribution < 1.29 is 31.5 Å². The number of aliphatic hydroxyl groups is 1. The van der Waals surface area contributed by atoms with E-state index in [-0.39, 0.29) is 28.2 Å². The van der Waals surface area contributed by atoms with E-state index in [4.69, 9.17) is 23.2 Å². The Kier molecular flexibility index (Phi) is 9.63. The minimum atomic E-state index is -4.80. The first-order valence-electron chi connectivity index (χ1n) is 11.8. The number of hydrogen-bond acceptors (Lipinski definition) is 7. The standard InChI is InChI=1S/C23H29Cl2F3N4O4S2/c1-12(23(26,27)28)32-38(35,36)15-10-9-14(16(24)17(15)25)18-19(30-13-7-5-4-6-8-13)31-21(37-18)20(33)29-11-22(2,3)34/h9-10,12-13,30,32,34H,4-8,11H2,1-3H3,(H,29,33). The lowest BCUT2D eigenvalue weighted by Gasteiger charge is -2.23. The molecule has 0 bridgehead atoms. The van der Waals surface area contributed by atoms with Crippen LogP contribution in [0.25, 0.3) is 10.4 Å². The second kappa shape index (κ2) is 11.8. The summed E-state index contributed by atoms with van der Waals surface area (Å²) in [7, 11) is -4.66. The molecular formula is C23H29Cl2F3N4O4S2. The van der Waals surface area contributed by atoms with Crippen molar-refractivity contribution in [3.05, 3.63) is 27.2 Å². The minimum absolute atomic E-state index is 0.0192. The van der Waals surface area contributed by atoms with Gasteiger partial charge in [0.1, 0.15) is 16.8 Å². The first-order chi connectivity index (χ1) is 17.5. The number of alkyl halides is 3. The predicted octanol–water partition coefficient (Wildman–Crippen LogP) is 5.59. The number of amides is 1. The Morgan fingerprint density at radius 1 is 1.18 bits per heavy atom. The Labute approximate surface area is 233 Å². The molecule has 4 N–H and O–H groups in total. The molecule has 0 aliphatic heterocycles. The van der Waals surface area contributed by atoms with Gasteiger partial charge in [-0.1, -0.05) is 48.5 Å². The van der Waals surface area contributed by atoms with E-state index in [2.05, 4.69) is 15.6 Å². The number of aromatic nitrogens is 1. The maximum Gasteiger partial charge on any atom is 0.404 e. The lowest BCUT2D eigenvalue weighted by Crippen LogP contribution is -2.43. The molecule has 1 aliphatic rings. The number of nitrogens with zero attached hydrogens (tertiary/aromatic N) is 1. The van der Waals surface area contributed by atoms with E-state index in [0.717, 1.165) is 49.5 Å². The average Bonchev–Trinajstić information content (AvgIpc) is 3.21. The Hall–Kier alpha value is -1.64. The highest BCUT2D eigenvalue weighted by atomic mass is 35.5. The quantitative estimate of drug-likeness (QED) is 0.291. The fourth-order valence-electron chi connectivity index (χ4n) is 3.79. The van der Waals surface area contributed by atoms with Gasteiger partial charge in [-0.25, -0.2) is 13.4 Å². The fraction of sp³-hybridized carbons (Fsp3) is 0.565. The molecule has 3 rings (SSSR count). The molecule has 1 saturated carbocycles. The summed E-state index contributed by atoms with van der Waals surface area (Å²) in [6.07, 6.45) is 0.161. The predicted molar refractivity (Wildman–Crippen MR) is 143 cm³/mol. The number of nitrogens with one attached hydrogen (secondary N) is 3. The Bertz CT molecular complexity index is 1270. The highest BCUT2D eigenvalue weighted by Crippen LogP contribution is 2.43. The molecule has 8 nitrogen and oxygen atoms in total. The van der Waals surface area contributed by atoms with Crippen LogP contribution in [-0.2, 0) is 10.0 Å². The van der Waals surface area contributed by atoms with Crippen LogP contribution in [0.4, 0.5) is 19.0 Å². The molecular weight excluding hydrogens is 588 g/mol. The van der Waals surface area contributed by atoms with Crippen LogP contribution in [0.2, 0.25) is 10.0 Å². The van der Waals surface area contributed by atoms with E-state index in [9.17, 15) is 31.5 Å². The van der Waals surface area contributed by atoms with Crippen LogP contribution in [0.1, 0.15) is 62.7 Å². The molecule has 0 radical (unpaired) electrons. The Morgan fingerprint density at radius 3 is 2.39 bits per heavy atom. The number of anilines is 1. The highest BCUT2D eigenvalue weighted by molar-refractivity contribution is 7.89. The fourth-order valence-corrected chi connectivity index (χ4v) is 6.92. The van der Waals surface area contributed by atoms with Gasteiger partial charge in [0.05, 0.1) is 20.5 Å². The summed E-state index contributed by atoms with van der Waals surface area (Å²) in [4.78, 5) is 17.0. The van der Waals surface area contributed by atoms with E-state index in [1.807, 2.05) is 0 Å². The van der Waals surface area contributed by atoms with Gasteiger partial charge in [0.2, 0.25) is 10.0 Å². The van der Waals surface area contributed by atoms with E-state index in [1.54, 1.807) is 4.72 Å². The van der Waals surface area contributed by atoms with E-state index in [1.165, 1.54) is 19.9 Å². The molecule has 1 fully saturated rings. The number of carbonyl (C=O) groups excluding carboxylic acids is 1. The SMILES string of the molecule is CC(NS(=O)(=O)c1ccc(-c2sc(C(=O)NCC(C)(C)O)nc2NC2CCCCC2)c(Cl)c1Cl)C(F)(F)F. The van der Waals surface area contributed by atoms with Gasteiger partial charge in [-0.05, 0) is 39.7 Å². The van der Waals surface area contributed by atoms with Crippen molar-refractivity contribution in [2.24, 2.45) is 0 Å². The van der Waals surface area contributed by atoms with Crippen molar-refractivity contribution in [3.8, 4) is 10.4 Å². The van der Waals surface area contributed by atoms with Crippen LogP contribution in [-0.4, -0.2) is 54.8 Å². The molecule has 0 spiro atoms. The maximum atomic E-state index is 12.9. The zero-order chi connectivity index (χ0) is 28.5. The molecule has 212 valence electrons. The zero-order valence-electron chi connectivity index (χ0n) is 20.9. The summed E-state index contributed by atoms with van der Waals surface area (Å²) in [5.41, 5.74) is -0.883.